The van der Waals surface area contributed by atoms with Crippen LogP contribution < -0.4 is 0 Å². The van der Waals surface area contributed by atoms with Crippen LogP contribution in [0.15, 0.2) is 12.2 Å². The predicted molar refractivity (Wildman–Crippen MR) is 82.4 cm³/mol. The van der Waals surface area contributed by atoms with Crippen molar-refractivity contribution in [3.8, 4) is 0 Å². The molecule has 17 heteroatoms. The summed E-state index contributed by atoms with van der Waals surface area (Å²) in [6.07, 6.45) is -27.1. The lowest BCUT2D eigenvalue weighted by Crippen LogP contribution is -2.84. The van der Waals surface area contributed by atoms with Gasteiger partial charge >= 0.3 is 42.1 Å². The van der Waals surface area contributed by atoms with Crippen LogP contribution in [-0.4, -0.2) is 58.9 Å². The van der Waals surface area contributed by atoms with Crippen molar-refractivity contribution in [1.29, 1.82) is 0 Å². The second-order valence-electron chi connectivity index (χ2n) is 7.80. The van der Waals surface area contributed by atoms with E-state index in [0.717, 1.165) is 0 Å². The molecule has 1 heterocycles. The first-order valence-corrected chi connectivity index (χ1v) is 9.27. The fourth-order valence-corrected chi connectivity index (χ4v) is 4.02. The highest BCUT2D eigenvalue weighted by atomic mass is 19.4. The van der Waals surface area contributed by atoms with Crippen LogP contribution in [0.1, 0.15) is 32.1 Å². The molecule has 198 valence electrons. The van der Waals surface area contributed by atoms with Crippen LogP contribution in [0.4, 0.5) is 57.1 Å². The normalized spacial score (nSPS) is 32.8. The minimum Gasteiger partial charge on any atom is -0.414 e. The van der Waals surface area contributed by atoms with Crippen LogP contribution in [-0.2, 0) is 14.3 Å². The second-order valence-corrected chi connectivity index (χ2v) is 7.80. The van der Waals surface area contributed by atoms with E-state index in [0.29, 0.717) is 0 Å². The van der Waals surface area contributed by atoms with E-state index in [1.807, 2.05) is 6.58 Å². The lowest BCUT2D eigenvalue weighted by atomic mass is 9.68. The van der Waals surface area contributed by atoms with Gasteiger partial charge in [0.1, 0.15) is 5.57 Å². The molecule has 0 spiro atoms. The number of aliphatic hydroxyl groups is 1. The first kappa shape index (κ1) is 28.5. The van der Waals surface area contributed by atoms with Crippen LogP contribution in [0, 0.1) is 5.92 Å². The molecule has 1 saturated heterocycles. The monoisotopic (exact) mass is 530 g/mol. The molecule has 1 aliphatic carbocycles. The van der Waals surface area contributed by atoms with Crippen molar-refractivity contribution in [2.24, 2.45) is 5.92 Å². The molecule has 0 aromatic carbocycles. The summed E-state index contributed by atoms with van der Waals surface area (Å²) in [6, 6.07) is 0. The number of hydrogen-bond acceptors (Lipinski definition) is 4. The largest absolute Gasteiger partial charge is 0.462 e. The Morgan fingerprint density at radius 2 is 1.32 bits per heavy atom. The number of carbonyl (C=O) groups is 1. The zero-order chi connectivity index (χ0) is 26.8. The van der Waals surface area contributed by atoms with E-state index < -0.39 is 78.2 Å². The number of ether oxygens (including phenoxy) is 2. The highest BCUT2D eigenvalue weighted by molar-refractivity contribution is 5.89. The van der Waals surface area contributed by atoms with Crippen molar-refractivity contribution in [1.82, 2.24) is 0 Å². The summed E-state index contributed by atoms with van der Waals surface area (Å²) in [5.41, 5.74) is -8.41. The van der Waals surface area contributed by atoms with E-state index >= 15 is 0 Å². The van der Waals surface area contributed by atoms with Gasteiger partial charge in [-0.1, -0.05) is 25.8 Å². The van der Waals surface area contributed by atoms with Crippen molar-refractivity contribution < 1.29 is 76.5 Å². The Morgan fingerprint density at radius 1 is 0.853 bits per heavy atom. The Labute approximate surface area is 181 Å². The zero-order valence-corrected chi connectivity index (χ0v) is 16.5. The van der Waals surface area contributed by atoms with E-state index in [2.05, 4.69) is 9.47 Å². The Morgan fingerprint density at radius 3 is 1.71 bits per heavy atom. The van der Waals surface area contributed by atoms with Crippen molar-refractivity contribution in [3.05, 3.63) is 12.2 Å². The second kappa shape index (κ2) is 8.13. The molecule has 34 heavy (non-hydrogen) atoms. The zero-order valence-electron chi connectivity index (χ0n) is 16.5. The number of halogens is 13. The molecule has 0 radical (unpaired) electrons. The number of alkyl halides is 13. The molecule has 1 saturated carbocycles. The molecule has 2 rings (SSSR count). The first-order chi connectivity index (χ1) is 15.0. The van der Waals surface area contributed by atoms with Crippen LogP contribution in [0.5, 0.6) is 0 Å². The fraction of sp³-hybridized carbons (Fsp3) is 0.824. The summed E-state index contributed by atoms with van der Waals surface area (Å²) >= 11 is 0. The van der Waals surface area contributed by atoms with Crippen molar-refractivity contribution in [3.63, 3.8) is 0 Å². The van der Waals surface area contributed by atoms with Gasteiger partial charge in [0.2, 0.25) is 5.60 Å². The minimum atomic E-state index is -7.05. The van der Waals surface area contributed by atoms with Crippen LogP contribution in [0.2, 0.25) is 0 Å². The van der Waals surface area contributed by atoms with Gasteiger partial charge in [0.05, 0.1) is 0 Å². The molecule has 1 aliphatic heterocycles. The van der Waals surface area contributed by atoms with Gasteiger partial charge in [0.25, 0.3) is 0 Å². The molecule has 3 atom stereocenters. The number of hydrogen-bond donors (Lipinski definition) is 1. The Hall–Kier alpha value is -1.78. The summed E-state index contributed by atoms with van der Waals surface area (Å²) in [7, 11) is 0. The summed E-state index contributed by atoms with van der Waals surface area (Å²) in [6.45, 7) is 1.97. The maximum absolute atomic E-state index is 14.8. The summed E-state index contributed by atoms with van der Waals surface area (Å²) in [5, 5.41) is 9.49. The topological polar surface area (TPSA) is 55.8 Å². The average molecular weight is 530 g/mol. The number of esters is 1. The van der Waals surface area contributed by atoms with E-state index in [1.54, 1.807) is 0 Å². The maximum atomic E-state index is 14.8. The molecule has 0 aromatic heterocycles. The van der Waals surface area contributed by atoms with Crippen molar-refractivity contribution in [2.45, 2.75) is 80.0 Å². The third-order valence-corrected chi connectivity index (χ3v) is 5.72. The SMILES string of the molecule is C=C(C(=O)OC1(C(F)(F)F)OC(C2CCCCC2)(C(F)(F)F)C(F)(F)C(O)C1(F)F)C(F)(F)F. The van der Waals surface area contributed by atoms with Gasteiger partial charge in [0.15, 0.2) is 6.10 Å². The van der Waals surface area contributed by atoms with Crippen LogP contribution >= 0.6 is 0 Å². The number of carbonyl (C=O) groups excluding carboxylic acids is 1. The van der Waals surface area contributed by atoms with Crippen molar-refractivity contribution in [2.75, 3.05) is 0 Å². The Kier molecular flexibility index (Phi) is 6.80. The molecule has 0 aromatic rings. The Balaban J connectivity index is 2.86. The molecule has 4 nitrogen and oxygen atoms in total. The first-order valence-electron chi connectivity index (χ1n) is 9.27. The fourth-order valence-electron chi connectivity index (χ4n) is 4.02. The number of rotatable bonds is 3. The number of aliphatic hydroxyl groups excluding tert-OH is 1. The lowest BCUT2D eigenvalue weighted by molar-refractivity contribution is -0.546. The molecule has 0 bridgehead atoms. The average Bonchev–Trinajstić information content (AvgIpc) is 2.66. The van der Waals surface area contributed by atoms with Gasteiger partial charge in [-0.2, -0.15) is 57.1 Å². The van der Waals surface area contributed by atoms with Gasteiger partial charge in [-0.15, -0.1) is 0 Å². The molecule has 3 unspecified atom stereocenters. The summed E-state index contributed by atoms with van der Waals surface area (Å²) < 4.78 is 187. The maximum Gasteiger partial charge on any atom is 0.462 e. The van der Waals surface area contributed by atoms with E-state index in [9.17, 15) is 67.0 Å². The molecular weight excluding hydrogens is 515 g/mol. The molecular formula is C17H15F13O4. The van der Waals surface area contributed by atoms with E-state index in [4.69, 9.17) is 0 Å². The van der Waals surface area contributed by atoms with Crippen molar-refractivity contribution >= 4 is 5.97 Å². The van der Waals surface area contributed by atoms with Crippen LogP contribution in [0.3, 0.4) is 0 Å². The predicted octanol–water partition coefficient (Wildman–Crippen LogP) is 5.45. The van der Waals surface area contributed by atoms with Gasteiger partial charge in [-0.05, 0) is 12.8 Å². The minimum absolute atomic E-state index is 0.125. The third-order valence-electron chi connectivity index (χ3n) is 5.72. The van der Waals surface area contributed by atoms with Gasteiger partial charge < -0.3 is 14.6 Å². The Bertz CT molecular complexity index is 810. The highest BCUT2D eigenvalue weighted by Gasteiger charge is 2.93. The van der Waals surface area contributed by atoms with Gasteiger partial charge in [-0.3, -0.25) is 0 Å². The quantitative estimate of drug-likeness (QED) is 0.300. The summed E-state index contributed by atoms with van der Waals surface area (Å²) in [4.78, 5) is 11.6. The smallest absolute Gasteiger partial charge is 0.414 e. The van der Waals surface area contributed by atoms with Gasteiger partial charge in [0, 0.05) is 5.92 Å². The van der Waals surface area contributed by atoms with E-state index in [-0.39, 0.29) is 19.3 Å². The van der Waals surface area contributed by atoms with E-state index in [1.165, 1.54) is 0 Å². The van der Waals surface area contributed by atoms with Gasteiger partial charge in [-0.25, -0.2) is 4.79 Å². The summed E-state index contributed by atoms with van der Waals surface area (Å²) in [5.74, 6) is -25.2. The highest BCUT2D eigenvalue weighted by Crippen LogP contribution is 2.65. The van der Waals surface area contributed by atoms with Crippen LogP contribution in [0.25, 0.3) is 0 Å². The lowest BCUT2D eigenvalue weighted by Gasteiger charge is -2.58. The third kappa shape index (κ3) is 3.91. The molecule has 0 amide bonds. The molecule has 1 N–H and O–H groups in total. The molecule has 2 aliphatic rings. The standard InChI is InChI=1S/C17H15F13O4/c1-7(14(22,23)24)9(31)33-15(17(28,29)30)13(20,21)10(32)12(18,19)11(34-15,16(25,26)27)8-5-3-2-4-6-8/h8,10,32H,1-6H2. The molecule has 2 fully saturated rings.